The van der Waals surface area contributed by atoms with Gasteiger partial charge in [0, 0.05) is 35.8 Å². The molecule has 2 heterocycles. The molecule has 1 aromatic heterocycles. The number of fused-ring (bicyclic) bond motifs is 1. The number of hydrogen-bond acceptors (Lipinski definition) is 6. The first-order chi connectivity index (χ1) is 17.9. The van der Waals surface area contributed by atoms with Crippen LogP contribution in [0.5, 0.6) is 17.2 Å². The zero-order valence-corrected chi connectivity index (χ0v) is 20.8. The first kappa shape index (κ1) is 24.4. The highest BCUT2D eigenvalue weighted by molar-refractivity contribution is 6.00. The fraction of sp³-hybridized carbons (Fsp3) is 0.241. The van der Waals surface area contributed by atoms with Crippen molar-refractivity contribution < 1.29 is 18.7 Å². The summed E-state index contributed by atoms with van der Waals surface area (Å²) in [6.45, 7) is 3.86. The van der Waals surface area contributed by atoms with Gasteiger partial charge >= 0.3 is 11.7 Å². The van der Waals surface area contributed by atoms with Crippen molar-refractivity contribution in [3.63, 3.8) is 0 Å². The molecule has 4 aromatic rings. The molecule has 0 radical (unpaired) electrons. The molecule has 0 atom stereocenters. The van der Waals surface area contributed by atoms with E-state index in [0.29, 0.717) is 33.9 Å². The average Bonchev–Trinajstić information content (AvgIpc) is 2.89. The zero-order valence-electron chi connectivity index (χ0n) is 20.8. The van der Waals surface area contributed by atoms with E-state index in [1.807, 2.05) is 49.4 Å². The lowest BCUT2D eigenvalue weighted by Crippen LogP contribution is -2.35. The summed E-state index contributed by atoms with van der Waals surface area (Å²) < 4.78 is 17.6. The summed E-state index contributed by atoms with van der Waals surface area (Å²) in [5.41, 5.74) is 1.14. The van der Waals surface area contributed by atoms with Gasteiger partial charge in [-0.05, 0) is 69.3 Å². The summed E-state index contributed by atoms with van der Waals surface area (Å²) >= 11 is 0. The number of nitrogens with one attached hydrogen (secondary N) is 2. The van der Waals surface area contributed by atoms with E-state index < -0.39 is 11.7 Å². The number of piperidine rings is 1. The van der Waals surface area contributed by atoms with Gasteiger partial charge in [-0.2, -0.15) is 0 Å². The van der Waals surface area contributed by atoms with Crippen LogP contribution in [0, 0.1) is 6.92 Å². The van der Waals surface area contributed by atoms with Crippen molar-refractivity contribution in [2.75, 3.05) is 30.8 Å². The molecule has 1 aliphatic rings. The molecule has 5 rings (SSSR count). The number of anilines is 2. The minimum atomic E-state index is -0.636. The monoisotopic (exact) mass is 499 g/mol. The molecule has 8 nitrogen and oxygen atoms in total. The second kappa shape index (κ2) is 10.8. The number of aryl methyl sites for hydroxylation is 1. The number of carbonyl (C=O) groups excluding carboxylic acids is 1. The fourth-order valence-corrected chi connectivity index (χ4v) is 4.35. The summed E-state index contributed by atoms with van der Waals surface area (Å²) in [5, 5.41) is 6.01. The van der Waals surface area contributed by atoms with Crippen LogP contribution in [0.1, 0.15) is 18.4 Å². The molecule has 190 valence electrons. The predicted octanol–water partition coefficient (Wildman–Crippen LogP) is 6.01. The number of likely N-dealkylation sites (tertiary alicyclic amines) is 1. The highest BCUT2D eigenvalue weighted by Gasteiger charge is 2.20. The second-order valence-corrected chi connectivity index (χ2v) is 9.20. The van der Waals surface area contributed by atoms with Gasteiger partial charge in [0.25, 0.3) is 0 Å². The quantitative estimate of drug-likeness (QED) is 0.316. The Morgan fingerprint density at radius 2 is 1.70 bits per heavy atom. The van der Waals surface area contributed by atoms with Gasteiger partial charge < -0.3 is 29.4 Å². The number of amides is 2. The molecule has 0 unspecified atom stereocenters. The minimum absolute atomic E-state index is 0.0464. The Morgan fingerprint density at radius 3 is 2.49 bits per heavy atom. The van der Waals surface area contributed by atoms with Crippen LogP contribution in [0.25, 0.3) is 11.0 Å². The van der Waals surface area contributed by atoms with Gasteiger partial charge in [-0.1, -0.05) is 24.3 Å². The third kappa shape index (κ3) is 5.92. The van der Waals surface area contributed by atoms with Gasteiger partial charge in [-0.3, -0.25) is 0 Å². The standard InChI is InChI=1S/C29H29N3O5/c1-19-26(36-23-13-15-32(2)16-14-23)12-11-20-17-25(28(33)37-27(19)20)31-29(34)30-21-7-6-10-24(18-21)35-22-8-4-3-5-9-22/h3-12,17-18,23H,13-16H2,1-2H3,(H2,30,31,34). The van der Waals surface area contributed by atoms with E-state index in [0.717, 1.165) is 31.5 Å². The van der Waals surface area contributed by atoms with Gasteiger partial charge in [0.1, 0.15) is 34.6 Å². The van der Waals surface area contributed by atoms with E-state index in [-0.39, 0.29) is 11.8 Å². The molecule has 2 N–H and O–H groups in total. The van der Waals surface area contributed by atoms with Gasteiger partial charge in [-0.25, -0.2) is 9.59 Å². The van der Waals surface area contributed by atoms with E-state index in [4.69, 9.17) is 13.9 Å². The van der Waals surface area contributed by atoms with Crippen LogP contribution in [-0.2, 0) is 0 Å². The second-order valence-electron chi connectivity index (χ2n) is 9.20. The van der Waals surface area contributed by atoms with E-state index in [1.165, 1.54) is 0 Å². The zero-order chi connectivity index (χ0) is 25.8. The molecule has 1 fully saturated rings. The Kier molecular flexibility index (Phi) is 7.09. The van der Waals surface area contributed by atoms with Crippen LogP contribution >= 0.6 is 0 Å². The highest BCUT2D eigenvalue weighted by atomic mass is 16.5. The normalized spacial score (nSPS) is 14.3. The first-order valence-corrected chi connectivity index (χ1v) is 12.3. The molecule has 8 heteroatoms. The maximum Gasteiger partial charge on any atom is 0.360 e. The molecule has 37 heavy (non-hydrogen) atoms. The van der Waals surface area contributed by atoms with Crippen LogP contribution < -0.4 is 25.7 Å². The lowest BCUT2D eigenvalue weighted by atomic mass is 10.1. The third-order valence-corrected chi connectivity index (χ3v) is 6.38. The molecule has 3 aromatic carbocycles. The largest absolute Gasteiger partial charge is 0.490 e. The molecule has 1 aliphatic heterocycles. The summed E-state index contributed by atoms with van der Waals surface area (Å²) in [5.74, 6) is 1.97. The minimum Gasteiger partial charge on any atom is -0.490 e. The summed E-state index contributed by atoms with van der Waals surface area (Å²) in [6, 6.07) is 21.1. The summed E-state index contributed by atoms with van der Waals surface area (Å²) in [6.07, 6.45) is 2.05. The average molecular weight is 500 g/mol. The van der Waals surface area contributed by atoms with Crippen molar-refractivity contribution in [3.05, 3.63) is 88.8 Å². The number of nitrogens with zero attached hydrogens (tertiary/aromatic N) is 1. The van der Waals surface area contributed by atoms with Crippen LogP contribution in [-0.4, -0.2) is 37.2 Å². The first-order valence-electron chi connectivity index (χ1n) is 12.3. The Labute approximate surface area is 214 Å². The summed E-state index contributed by atoms with van der Waals surface area (Å²) in [4.78, 5) is 27.6. The lowest BCUT2D eigenvalue weighted by molar-refractivity contribution is 0.113. The van der Waals surface area contributed by atoms with Crippen molar-refractivity contribution in [1.29, 1.82) is 0 Å². The fourth-order valence-electron chi connectivity index (χ4n) is 4.35. The predicted molar refractivity (Wildman–Crippen MR) is 144 cm³/mol. The maximum atomic E-state index is 12.7. The SMILES string of the molecule is Cc1c(OC2CCN(C)CC2)ccc2cc(NC(=O)Nc3cccc(Oc4ccccc4)c3)c(=O)oc12. The number of rotatable bonds is 6. The van der Waals surface area contributed by atoms with Crippen LogP contribution in [0.3, 0.4) is 0 Å². The van der Waals surface area contributed by atoms with E-state index >= 15 is 0 Å². The van der Waals surface area contributed by atoms with Crippen molar-refractivity contribution in [2.45, 2.75) is 25.9 Å². The van der Waals surface area contributed by atoms with E-state index in [1.54, 1.807) is 30.3 Å². The van der Waals surface area contributed by atoms with E-state index in [2.05, 4.69) is 22.6 Å². The summed E-state index contributed by atoms with van der Waals surface area (Å²) in [7, 11) is 2.11. The van der Waals surface area contributed by atoms with Gasteiger partial charge in [-0.15, -0.1) is 0 Å². The van der Waals surface area contributed by atoms with Crippen LogP contribution in [0.15, 0.2) is 82.0 Å². The topological polar surface area (TPSA) is 93.0 Å². The van der Waals surface area contributed by atoms with Crippen molar-refractivity contribution in [1.82, 2.24) is 4.90 Å². The number of carbonyl (C=O) groups is 1. The molecular formula is C29H29N3O5. The number of hydrogen-bond donors (Lipinski definition) is 2. The Balaban J connectivity index is 1.27. The smallest absolute Gasteiger partial charge is 0.360 e. The number of ether oxygens (including phenoxy) is 2. The van der Waals surface area contributed by atoms with E-state index in [9.17, 15) is 9.59 Å². The van der Waals surface area contributed by atoms with Crippen molar-refractivity contribution >= 4 is 28.4 Å². The lowest BCUT2D eigenvalue weighted by Gasteiger charge is -2.29. The van der Waals surface area contributed by atoms with Gasteiger partial charge in [0.05, 0.1) is 0 Å². The number of para-hydroxylation sites is 1. The molecular weight excluding hydrogens is 470 g/mol. The Morgan fingerprint density at radius 1 is 0.946 bits per heavy atom. The maximum absolute atomic E-state index is 12.7. The molecule has 1 saturated heterocycles. The molecule has 0 bridgehead atoms. The van der Waals surface area contributed by atoms with Crippen LogP contribution in [0.4, 0.5) is 16.2 Å². The molecule has 2 amide bonds. The van der Waals surface area contributed by atoms with Gasteiger partial charge in [0.15, 0.2) is 0 Å². The Bertz CT molecular complexity index is 1460. The number of benzene rings is 3. The number of urea groups is 1. The highest BCUT2D eigenvalue weighted by Crippen LogP contribution is 2.30. The van der Waals surface area contributed by atoms with Gasteiger partial charge in [0.2, 0.25) is 0 Å². The van der Waals surface area contributed by atoms with Crippen molar-refractivity contribution in [2.24, 2.45) is 0 Å². The van der Waals surface area contributed by atoms with Crippen molar-refractivity contribution in [3.8, 4) is 17.2 Å². The molecule has 0 spiro atoms. The molecule has 0 aliphatic carbocycles. The third-order valence-electron chi connectivity index (χ3n) is 6.38. The Hall–Kier alpha value is -4.30. The molecule has 0 saturated carbocycles. The van der Waals surface area contributed by atoms with Crippen LogP contribution in [0.2, 0.25) is 0 Å².